The summed E-state index contributed by atoms with van der Waals surface area (Å²) in [5, 5.41) is 4.56. The Morgan fingerprint density at radius 1 is 0.676 bits per heavy atom. The first-order valence-corrected chi connectivity index (χ1v) is 12.4. The van der Waals surface area contributed by atoms with Crippen LogP contribution in [0.3, 0.4) is 0 Å². The van der Waals surface area contributed by atoms with E-state index in [1.807, 2.05) is 10.6 Å². The van der Waals surface area contributed by atoms with Gasteiger partial charge in [0.25, 0.3) is 0 Å². The van der Waals surface area contributed by atoms with Gasteiger partial charge in [0.05, 0.1) is 6.54 Å². The van der Waals surface area contributed by atoms with Crippen LogP contribution in [0, 0.1) is 5.41 Å². The minimum absolute atomic E-state index is 0.00604. The molecule has 0 amide bonds. The van der Waals surface area contributed by atoms with Crippen LogP contribution in [0.15, 0.2) is 41.5 Å². The minimum Gasteiger partial charge on any atom is -0.284 e. The number of hydrogen-bond acceptors (Lipinski definition) is 3. The third-order valence-electron chi connectivity index (χ3n) is 6.22. The van der Waals surface area contributed by atoms with E-state index in [0.29, 0.717) is 0 Å². The lowest BCUT2D eigenvalue weighted by Crippen LogP contribution is -2.21. The maximum atomic E-state index is 4.71. The number of aromatic nitrogens is 3. The average Bonchev–Trinajstić information content (AvgIpc) is 3.29. The van der Waals surface area contributed by atoms with Crippen LogP contribution in [0.25, 0.3) is 5.65 Å². The van der Waals surface area contributed by atoms with Gasteiger partial charge in [-0.05, 0) is 39.7 Å². The van der Waals surface area contributed by atoms with Gasteiger partial charge in [-0.15, -0.1) is 0 Å². The van der Waals surface area contributed by atoms with E-state index < -0.39 is 0 Å². The molecular weight excluding hydrogens is 416 g/mol. The van der Waals surface area contributed by atoms with Crippen molar-refractivity contribution < 1.29 is 0 Å². The Morgan fingerprint density at radius 3 is 1.79 bits per heavy atom. The second-order valence-corrected chi connectivity index (χ2v) is 13.7. The maximum Gasteiger partial charge on any atom is 0.157 e. The third-order valence-corrected chi connectivity index (χ3v) is 6.22. The largest absolute Gasteiger partial charge is 0.284 e. The molecule has 1 aliphatic heterocycles. The zero-order valence-corrected chi connectivity index (χ0v) is 23.5. The number of rotatable bonds is 0. The summed E-state index contributed by atoms with van der Waals surface area (Å²) in [6.07, 6.45) is 2.08. The van der Waals surface area contributed by atoms with E-state index in [-0.39, 0.29) is 21.7 Å². The molecule has 0 fully saturated rings. The van der Waals surface area contributed by atoms with Crippen molar-refractivity contribution in [1.29, 1.82) is 0 Å². The first kappa shape index (κ1) is 26.1. The van der Waals surface area contributed by atoms with Gasteiger partial charge in [0, 0.05) is 28.3 Å². The van der Waals surface area contributed by atoms with Gasteiger partial charge >= 0.3 is 0 Å². The molecule has 34 heavy (non-hydrogen) atoms. The molecule has 4 rings (SSSR count). The second kappa shape index (κ2) is 8.62. The highest BCUT2D eigenvalue weighted by molar-refractivity contribution is 6.07. The summed E-state index contributed by atoms with van der Waals surface area (Å²) in [6, 6.07) is 11.0. The molecule has 0 saturated carbocycles. The average molecular weight is 461 g/mol. The monoisotopic (exact) mass is 460 g/mol. The Labute approximate surface area is 206 Å². The summed E-state index contributed by atoms with van der Waals surface area (Å²) in [5.74, 6) is 0.892. The van der Waals surface area contributed by atoms with Crippen LogP contribution in [0.2, 0.25) is 0 Å². The SMILES string of the molecule is CC(C)(C)C1=NCc2ccc(C(C)(C)C)cc21.CC(C)(C)c1ccc2nc(C(C)(C)C)nn2c1. The molecule has 4 heteroatoms. The predicted octanol–water partition coefficient (Wildman–Crippen LogP) is 7.66. The molecule has 3 heterocycles. The lowest BCUT2D eigenvalue weighted by atomic mass is 9.81. The van der Waals surface area contributed by atoms with Crippen molar-refractivity contribution in [2.45, 2.75) is 106 Å². The van der Waals surface area contributed by atoms with Crippen LogP contribution in [0.4, 0.5) is 0 Å². The molecule has 0 atom stereocenters. The first-order chi connectivity index (χ1) is 15.4. The summed E-state index contributed by atoms with van der Waals surface area (Å²) >= 11 is 0. The fourth-order valence-electron chi connectivity index (χ4n) is 3.94. The Morgan fingerprint density at radius 2 is 1.26 bits per heavy atom. The summed E-state index contributed by atoms with van der Waals surface area (Å²) in [6.45, 7) is 27.4. The Balaban J connectivity index is 0.000000191. The van der Waals surface area contributed by atoms with Crippen molar-refractivity contribution >= 4 is 11.4 Å². The van der Waals surface area contributed by atoms with Crippen molar-refractivity contribution in [2.75, 3.05) is 0 Å². The van der Waals surface area contributed by atoms with E-state index in [2.05, 4.69) is 124 Å². The maximum absolute atomic E-state index is 4.71. The molecule has 0 aliphatic carbocycles. The summed E-state index contributed by atoms with van der Waals surface area (Å²) in [5.41, 5.74) is 8.08. The number of fused-ring (bicyclic) bond motifs is 2. The van der Waals surface area contributed by atoms with E-state index in [4.69, 9.17) is 4.99 Å². The van der Waals surface area contributed by atoms with Crippen LogP contribution in [0.5, 0.6) is 0 Å². The number of pyridine rings is 1. The van der Waals surface area contributed by atoms with E-state index in [1.54, 1.807) is 0 Å². The molecule has 0 radical (unpaired) electrons. The molecule has 0 bridgehead atoms. The zero-order chi connectivity index (χ0) is 25.7. The first-order valence-electron chi connectivity index (χ1n) is 12.4. The summed E-state index contributed by atoms with van der Waals surface area (Å²) in [7, 11) is 0. The molecule has 4 nitrogen and oxygen atoms in total. The van der Waals surface area contributed by atoms with Crippen molar-refractivity contribution in [3.8, 4) is 0 Å². The fraction of sp³-hybridized carbons (Fsp3) is 0.567. The Kier molecular flexibility index (Phi) is 6.62. The summed E-state index contributed by atoms with van der Waals surface area (Å²) < 4.78 is 1.89. The normalized spacial score (nSPS) is 14.5. The molecule has 0 saturated heterocycles. The van der Waals surface area contributed by atoms with Crippen LogP contribution in [-0.4, -0.2) is 20.3 Å². The number of benzene rings is 1. The van der Waals surface area contributed by atoms with E-state index >= 15 is 0 Å². The van der Waals surface area contributed by atoms with Crippen LogP contribution < -0.4 is 0 Å². The van der Waals surface area contributed by atoms with Gasteiger partial charge < -0.3 is 0 Å². The number of hydrogen-bond donors (Lipinski definition) is 0. The number of nitrogens with zero attached hydrogens (tertiary/aromatic N) is 4. The Bertz CT molecular complexity index is 1190. The van der Waals surface area contributed by atoms with Crippen LogP contribution in [0.1, 0.15) is 111 Å². The Hall–Kier alpha value is -2.49. The van der Waals surface area contributed by atoms with Crippen molar-refractivity contribution in [3.05, 3.63) is 64.6 Å². The molecule has 2 aromatic heterocycles. The molecule has 184 valence electrons. The fourth-order valence-corrected chi connectivity index (χ4v) is 3.94. The molecule has 0 unspecified atom stereocenters. The van der Waals surface area contributed by atoms with Crippen molar-refractivity contribution in [1.82, 2.24) is 14.6 Å². The molecule has 0 spiro atoms. The zero-order valence-electron chi connectivity index (χ0n) is 23.5. The van der Waals surface area contributed by atoms with Gasteiger partial charge in [0.2, 0.25) is 0 Å². The molecule has 1 aliphatic rings. The van der Waals surface area contributed by atoms with Gasteiger partial charge in [0.1, 0.15) is 0 Å². The van der Waals surface area contributed by atoms with Gasteiger partial charge in [0.15, 0.2) is 11.5 Å². The predicted molar refractivity (Wildman–Crippen MR) is 145 cm³/mol. The minimum atomic E-state index is -0.00604. The van der Waals surface area contributed by atoms with Gasteiger partial charge in [-0.1, -0.05) is 101 Å². The topological polar surface area (TPSA) is 42.5 Å². The van der Waals surface area contributed by atoms with Crippen LogP contribution in [-0.2, 0) is 22.8 Å². The van der Waals surface area contributed by atoms with Gasteiger partial charge in [-0.25, -0.2) is 9.50 Å². The second-order valence-electron chi connectivity index (χ2n) is 13.7. The lowest BCUT2D eigenvalue weighted by molar-refractivity contribution is 0.544. The quantitative estimate of drug-likeness (QED) is 0.345. The third kappa shape index (κ3) is 5.76. The smallest absolute Gasteiger partial charge is 0.157 e. The van der Waals surface area contributed by atoms with Gasteiger partial charge in [-0.3, -0.25) is 4.99 Å². The number of aliphatic imine (C=N–C) groups is 1. The highest BCUT2D eigenvalue weighted by Crippen LogP contribution is 2.33. The molecule has 3 aromatic rings. The van der Waals surface area contributed by atoms with Crippen molar-refractivity contribution in [2.24, 2.45) is 10.4 Å². The standard InChI is InChI=1S/C16H23N.C14H21N3/c1-15(2,3)12-8-7-11-10-17-14(13(11)9-12)16(4,5)6;1-13(2,3)10-7-8-11-15-12(14(4,5)6)16-17(11)9-10/h7-9H,10H2,1-6H3;7-9H,1-6H3. The molecular formula is C30H44N4. The molecule has 1 aromatic carbocycles. The van der Waals surface area contributed by atoms with E-state index in [9.17, 15) is 0 Å². The highest BCUT2D eigenvalue weighted by atomic mass is 15.3. The summed E-state index contributed by atoms with van der Waals surface area (Å²) in [4.78, 5) is 9.27. The van der Waals surface area contributed by atoms with Crippen LogP contribution >= 0.6 is 0 Å². The van der Waals surface area contributed by atoms with E-state index in [1.165, 1.54) is 28.0 Å². The lowest BCUT2D eigenvalue weighted by Gasteiger charge is -2.23. The highest BCUT2D eigenvalue weighted by Gasteiger charge is 2.28. The van der Waals surface area contributed by atoms with E-state index in [0.717, 1.165) is 18.0 Å². The van der Waals surface area contributed by atoms with Crippen molar-refractivity contribution in [3.63, 3.8) is 0 Å². The van der Waals surface area contributed by atoms with Gasteiger partial charge in [-0.2, -0.15) is 5.10 Å². The molecule has 0 N–H and O–H groups in total.